The predicted octanol–water partition coefficient (Wildman–Crippen LogP) is 5.61. The summed E-state index contributed by atoms with van der Waals surface area (Å²) in [4.78, 5) is 24.7. The highest BCUT2D eigenvalue weighted by Crippen LogP contribution is 2.19. The fourth-order valence-corrected chi connectivity index (χ4v) is 2.80. The molecule has 130 valence electrons. The SMILES string of the molecule is O=C(Nc1ccc(Br)cc1)c1cccc(NC(=O)c2ccccc2Cl)c1. The van der Waals surface area contributed by atoms with Crippen molar-refractivity contribution in [1.29, 1.82) is 0 Å². The van der Waals surface area contributed by atoms with Crippen molar-refractivity contribution >= 4 is 50.7 Å². The second-order valence-electron chi connectivity index (χ2n) is 5.48. The summed E-state index contributed by atoms with van der Waals surface area (Å²) in [5.74, 6) is -0.595. The maximum absolute atomic E-state index is 12.4. The topological polar surface area (TPSA) is 58.2 Å². The molecule has 4 nitrogen and oxygen atoms in total. The molecule has 26 heavy (non-hydrogen) atoms. The number of hydrogen-bond acceptors (Lipinski definition) is 2. The third kappa shape index (κ3) is 4.50. The Hall–Kier alpha value is -2.63. The minimum Gasteiger partial charge on any atom is -0.322 e. The first kappa shape index (κ1) is 18.2. The first-order valence-corrected chi connectivity index (χ1v) is 8.93. The van der Waals surface area contributed by atoms with Gasteiger partial charge in [0, 0.05) is 21.4 Å². The number of halogens is 2. The van der Waals surface area contributed by atoms with Crippen LogP contribution in [-0.4, -0.2) is 11.8 Å². The zero-order valence-electron chi connectivity index (χ0n) is 13.5. The molecule has 3 aromatic carbocycles. The Morgan fingerprint density at radius 2 is 1.46 bits per heavy atom. The molecule has 0 aliphatic heterocycles. The van der Waals surface area contributed by atoms with Gasteiger partial charge in [-0.3, -0.25) is 9.59 Å². The average Bonchev–Trinajstić information content (AvgIpc) is 2.64. The maximum Gasteiger partial charge on any atom is 0.257 e. The lowest BCUT2D eigenvalue weighted by Crippen LogP contribution is -2.15. The van der Waals surface area contributed by atoms with Crippen LogP contribution >= 0.6 is 27.5 Å². The highest BCUT2D eigenvalue weighted by atomic mass is 79.9. The Morgan fingerprint density at radius 3 is 2.19 bits per heavy atom. The summed E-state index contributed by atoms with van der Waals surface area (Å²) in [5.41, 5.74) is 2.01. The molecule has 2 amide bonds. The molecule has 0 heterocycles. The predicted molar refractivity (Wildman–Crippen MR) is 108 cm³/mol. The van der Waals surface area contributed by atoms with Gasteiger partial charge in [-0.1, -0.05) is 45.7 Å². The van der Waals surface area contributed by atoms with Gasteiger partial charge in [-0.15, -0.1) is 0 Å². The molecule has 0 atom stereocenters. The van der Waals surface area contributed by atoms with Crippen LogP contribution in [0.2, 0.25) is 5.02 Å². The molecular formula is C20H14BrClN2O2. The first-order valence-electron chi connectivity index (χ1n) is 7.76. The molecule has 0 bridgehead atoms. The minimum atomic E-state index is -0.332. The fourth-order valence-electron chi connectivity index (χ4n) is 2.32. The number of amides is 2. The highest BCUT2D eigenvalue weighted by Gasteiger charge is 2.12. The van der Waals surface area contributed by atoms with E-state index >= 15 is 0 Å². The molecular weight excluding hydrogens is 416 g/mol. The van der Waals surface area contributed by atoms with Gasteiger partial charge < -0.3 is 10.6 Å². The van der Waals surface area contributed by atoms with Crippen LogP contribution in [0.1, 0.15) is 20.7 Å². The summed E-state index contributed by atoms with van der Waals surface area (Å²) in [7, 11) is 0. The molecule has 0 radical (unpaired) electrons. The normalized spacial score (nSPS) is 10.2. The van der Waals surface area contributed by atoms with E-state index in [-0.39, 0.29) is 11.8 Å². The first-order chi connectivity index (χ1) is 12.5. The Morgan fingerprint density at radius 1 is 0.769 bits per heavy atom. The van der Waals surface area contributed by atoms with Gasteiger partial charge >= 0.3 is 0 Å². The molecule has 3 rings (SSSR count). The maximum atomic E-state index is 12.4. The number of nitrogens with one attached hydrogen (secondary N) is 2. The van der Waals surface area contributed by atoms with Crippen molar-refractivity contribution in [2.45, 2.75) is 0 Å². The number of benzene rings is 3. The van der Waals surface area contributed by atoms with Crippen LogP contribution in [0.4, 0.5) is 11.4 Å². The van der Waals surface area contributed by atoms with Gasteiger partial charge in [-0.25, -0.2) is 0 Å². The highest BCUT2D eigenvalue weighted by molar-refractivity contribution is 9.10. The second-order valence-corrected chi connectivity index (χ2v) is 6.80. The van der Waals surface area contributed by atoms with Crippen molar-refractivity contribution in [2.75, 3.05) is 10.6 Å². The average molecular weight is 430 g/mol. The Balaban J connectivity index is 1.73. The van der Waals surface area contributed by atoms with Gasteiger partial charge in [-0.2, -0.15) is 0 Å². The molecule has 0 aromatic heterocycles. The van der Waals surface area contributed by atoms with E-state index in [1.54, 1.807) is 60.7 Å². The van der Waals surface area contributed by atoms with E-state index in [0.29, 0.717) is 27.5 Å². The van der Waals surface area contributed by atoms with Crippen molar-refractivity contribution in [2.24, 2.45) is 0 Å². The van der Waals surface area contributed by atoms with Crippen LogP contribution in [0.3, 0.4) is 0 Å². The monoisotopic (exact) mass is 428 g/mol. The minimum absolute atomic E-state index is 0.263. The van der Waals surface area contributed by atoms with Crippen LogP contribution < -0.4 is 10.6 Å². The smallest absolute Gasteiger partial charge is 0.257 e. The van der Waals surface area contributed by atoms with Gasteiger partial charge in [-0.05, 0) is 54.6 Å². The molecule has 0 aliphatic rings. The standard InChI is InChI=1S/C20H14BrClN2O2/c21-14-8-10-15(11-9-14)23-19(25)13-4-3-5-16(12-13)24-20(26)17-6-1-2-7-18(17)22/h1-12H,(H,23,25)(H,24,26). The van der Waals surface area contributed by atoms with Crippen LogP contribution in [0, 0.1) is 0 Å². The van der Waals surface area contributed by atoms with E-state index in [2.05, 4.69) is 26.6 Å². The molecule has 0 aliphatic carbocycles. The fraction of sp³-hybridized carbons (Fsp3) is 0. The van der Waals surface area contributed by atoms with Gasteiger partial charge in [0.1, 0.15) is 0 Å². The van der Waals surface area contributed by atoms with Crippen molar-refractivity contribution in [3.63, 3.8) is 0 Å². The van der Waals surface area contributed by atoms with E-state index in [0.717, 1.165) is 4.47 Å². The Labute approximate surface area is 164 Å². The van der Waals surface area contributed by atoms with Gasteiger partial charge in [0.2, 0.25) is 0 Å². The van der Waals surface area contributed by atoms with Crippen molar-refractivity contribution in [3.05, 3.63) is 93.4 Å². The van der Waals surface area contributed by atoms with E-state index in [1.165, 1.54) is 0 Å². The van der Waals surface area contributed by atoms with Crippen molar-refractivity contribution < 1.29 is 9.59 Å². The molecule has 0 spiro atoms. The Kier molecular flexibility index (Phi) is 5.71. The molecule has 0 saturated carbocycles. The van der Waals surface area contributed by atoms with Crippen LogP contribution in [0.15, 0.2) is 77.3 Å². The molecule has 6 heteroatoms. The third-order valence-electron chi connectivity index (χ3n) is 3.60. The van der Waals surface area contributed by atoms with Crippen LogP contribution in [-0.2, 0) is 0 Å². The number of hydrogen-bond donors (Lipinski definition) is 2. The molecule has 3 aromatic rings. The van der Waals surface area contributed by atoms with Crippen molar-refractivity contribution in [3.8, 4) is 0 Å². The quantitative estimate of drug-likeness (QED) is 0.566. The lowest BCUT2D eigenvalue weighted by Gasteiger charge is -2.09. The van der Waals surface area contributed by atoms with Gasteiger partial charge in [0.25, 0.3) is 11.8 Å². The summed E-state index contributed by atoms with van der Waals surface area (Å²) in [6.07, 6.45) is 0. The molecule has 0 saturated heterocycles. The molecule has 0 unspecified atom stereocenters. The van der Waals surface area contributed by atoms with Crippen molar-refractivity contribution in [1.82, 2.24) is 0 Å². The lowest BCUT2D eigenvalue weighted by atomic mass is 10.1. The molecule has 2 N–H and O–H groups in total. The molecule has 0 fully saturated rings. The Bertz CT molecular complexity index is 958. The number of carbonyl (C=O) groups excluding carboxylic acids is 2. The summed E-state index contributed by atoms with van der Waals surface area (Å²) in [5, 5.41) is 5.94. The summed E-state index contributed by atoms with van der Waals surface area (Å²) >= 11 is 9.39. The van der Waals surface area contributed by atoms with Crippen LogP contribution in [0.5, 0.6) is 0 Å². The van der Waals surface area contributed by atoms with Crippen LogP contribution in [0.25, 0.3) is 0 Å². The summed E-state index contributed by atoms with van der Waals surface area (Å²) in [6.45, 7) is 0. The number of carbonyl (C=O) groups is 2. The van der Waals surface area contributed by atoms with E-state index < -0.39 is 0 Å². The van der Waals surface area contributed by atoms with E-state index in [9.17, 15) is 9.59 Å². The number of anilines is 2. The summed E-state index contributed by atoms with van der Waals surface area (Å²) in [6, 6.07) is 20.8. The van der Waals surface area contributed by atoms with E-state index in [4.69, 9.17) is 11.6 Å². The zero-order chi connectivity index (χ0) is 18.5. The number of rotatable bonds is 4. The van der Waals surface area contributed by atoms with Gasteiger partial charge in [0.15, 0.2) is 0 Å². The lowest BCUT2D eigenvalue weighted by molar-refractivity contribution is 0.101. The third-order valence-corrected chi connectivity index (χ3v) is 4.46. The summed E-state index contributed by atoms with van der Waals surface area (Å²) < 4.78 is 0.930. The van der Waals surface area contributed by atoms with E-state index in [1.807, 2.05) is 12.1 Å². The van der Waals surface area contributed by atoms with Gasteiger partial charge in [0.05, 0.1) is 10.6 Å². The zero-order valence-corrected chi connectivity index (χ0v) is 15.8. The largest absolute Gasteiger partial charge is 0.322 e. The second kappa shape index (κ2) is 8.17.